The van der Waals surface area contributed by atoms with E-state index < -0.39 is 0 Å². The van der Waals surface area contributed by atoms with Crippen LogP contribution in [-0.4, -0.2) is 19.5 Å². The van der Waals surface area contributed by atoms with Gasteiger partial charge in [-0.05, 0) is 33.4 Å². The van der Waals surface area contributed by atoms with Crippen LogP contribution >= 0.6 is 11.3 Å². The van der Waals surface area contributed by atoms with E-state index in [-0.39, 0.29) is 0 Å². The molecule has 0 saturated carbocycles. The van der Waals surface area contributed by atoms with Crippen LogP contribution in [0.4, 0.5) is 0 Å². The molecule has 0 amide bonds. The van der Waals surface area contributed by atoms with Crippen LogP contribution in [0, 0.1) is 0 Å². The molecule has 0 radical (unpaired) electrons. The fraction of sp³-hybridized carbons (Fsp3) is 0. The summed E-state index contributed by atoms with van der Waals surface area (Å²) in [5.74, 6) is 1.88. The maximum Gasteiger partial charge on any atom is 0.238 e. The van der Waals surface area contributed by atoms with E-state index in [1.165, 1.54) is 58.2 Å². The van der Waals surface area contributed by atoms with Crippen LogP contribution in [-0.2, 0) is 0 Å². The Labute approximate surface area is 302 Å². The van der Waals surface area contributed by atoms with Gasteiger partial charge in [0.2, 0.25) is 5.95 Å². The van der Waals surface area contributed by atoms with Crippen molar-refractivity contribution in [3.8, 4) is 39.9 Å². The van der Waals surface area contributed by atoms with E-state index >= 15 is 0 Å². The minimum atomic E-state index is 0.600. The third-order valence-electron chi connectivity index (χ3n) is 10.2. The first kappa shape index (κ1) is 29.1. The summed E-state index contributed by atoms with van der Waals surface area (Å²) in [6.07, 6.45) is 0. The van der Waals surface area contributed by atoms with Crippen LogP contribution < -0.4 is 0 Å². The zero-order valence-electron chi connectivity index (χ0n) is 27.9. The molecular weight excluding hydrogens is 653 g/mol. The van der Waals surface area contributed by atoms with Gasteiger partial charge in [-0.2, -0.15) is 9.97 Å². The lowest BCUT2D eigenvalue weighted by Gasteiger charge is -2.12. The topological polar surface area (TPSA) is 43.6 Å². The number of fused-ring (bicyclic) bond motifs is 12. The van der Waals surface area contributed by atoms with Crippen LogP contribution in [0.1, 0.15) is 0 Å². The van der Waals surface area contributed by atoms with Gasteiger partial charge in [0.05, 0.1) is 15.7 Å². The molecule has 4 nitrogen and oxygen atoms in total. The second-order valence-corrected chi connectivity index (χ2v) is 14.2. The first-order chi connectivity index (χ1) is 25.8. The summed E-state index contributed by atoms with van der Waals surface area (Å²) in [6.45, 7) is 0. The summed E-state index contributed by atoms with van der Waals surface area (Å²) in [4.78, 5) is 15.7. The van der Waals surface area contributed by atoms with Crippen molar-refractivity contribution in [3.63, 3.8) is 0 Å². The normalized spacial score (nSPS) is 11.8. The molecule has 3 aromatic heterocycles. The third-order valence-corrected chi connectivity index (χ3v) is 11.4. The number of hydrogen-bond acceptors (Lipinski definition) is 4. The van der Waals surface area contributed by atoms with Crippen molar-refractivity contribution in [3.05, 3.63) is 170 Å². The number of aromatic nitrogens is 4. The largest absolute Gasteiger partial charge is 0.276 e. The molecule has 0 aliphatic heterocycles. The van der Waals surface area contributed by atoms with E-state index in [9.17, 15) is 0 Å². The van der Waals surface area contributed by atoms with E-state index in [0.717, 1.165) is 27.5 Å². The van der Waals surface area contributed by atoms with E-state index in [4.69, 9.17) is 15.0 Å². The quantitative estimate of drug-likeness (QED) is 0.186. The molecule has 0 aliphatic carbocycles. The number of thiophene rings is 1. The van der Waals surface area contributed by atoms with E-state index in [1.807, 2.05) is 47.7 Å². The van der Waals surface area contributed by atoms with Crippen molar-refractivity contribution in [2.45, 2.75) is 0 Å². The molecule has 8 aromatic carbocycles. The minimum Gasteiger partial charge on any atom is -0.276 e. The molecule has 0 fully saturated rings. The van der Waals surface area contributed by atoms with Gasteiger partial charge in [0.25, 0.3) is 0 Å². The second-order valence-electron chi connectivity index (χ2n) is 13.2. The molecule has 5 heteroatoms. The molecule has 242 valence electrons. The monoisotopic (exact) mass is 680 g/mol. The number of benzene rings is 8. The van der Waals surface area contributed by atoms with Gasteiger partial charge < -0.3 is 0 Å². The van der Waals surface area contributed by atoms with Gasteiger partial charge in [0.1, 0.15) is 0 Å². The van der Waals surface area contributed by atoms with Gasteiger partial charge in [-0.15, -0.1) is 11.3 Å². The highest BCUT2D eigenvalue weighted by Crippen LogP contribution is 2.49. The van der Waals surface area contributed by atoms with E-state index in [0.29, 0.717) is 17.6 Å². The fourth-order valence-corrected chi connectivity index (χ4v) is 9.19. The summed E-state index contributed by atoms with van der Waals surface area (Å²) in [6, 6.07) is 60.0. The highest BCUT2D eigenvalue weighted by Gasteiger charge is 2.25. The molecule has 0 aliphatic rings. The van der Waals surface area contributed by atoms with Crippen LogP contribution in [0.5, 0.6) is 0 Å². The van der Waals surface area contributed by atoms with E-state index in [2.05, 4.69) is 138 Å². The first-order valence-corrected chi connectivity index (χ1v) is 18.3. The number of nitrogens with zero attached hydrogens (tertiary/aromatic N) is 4. The Morgan fingerprint density at radius 3 is 1.62 bits per heavy atom. The zero-order valence-corrected chi connectivity index (χ0v) is 28.7. The Morgan fingerprint density at radius 1 is 0.385 bits per heavy atom. The smallest absolute Gasteiger partial charge is 0.238 e. The van der Waals surface area contributed by atoms with Crippen molar-refractivity contribution in [2.75, 3.05) is 0 Å². The molecule has 3 heterocycles. The standard InChI is InChI=1S/C47H28N4S/c1-4-14-29(15-5-1)33-25-26-37-39(28-33)52-44-41(37)36-23-13-12-22-35(36)40-38-27-24-30-16-10-11-21-34(30)42(38)51(43(40)44)47-49-45(31-17-6-2-7-18-31)48-46(50-47)32-19-8-3-9-20-32/h1-28H. The maximum atomic E-state index is 5.32. The molecular formula is C47H28N4S. The van der Waals surface area contributed by atoms with Gasteiger partial charge in [-0.1, -0.05) is 164 Å². The Bertz CT molecular complexity index is 3110. The zero-order chi connectivity index (χ0) is 34.2. The SMILES string of the molecule is c1ccc(-c2ccc3c(c2)sc2c3c3ccccc3c3c4ccc5ccccc5c4n(-c4nc(-c5ccccc5)nc(-c5ccccc5)n4)c23)cc1. The van der Waals surface area contributed by atoms with Crippen molar-refractivity contribution in [1.29, 1.82) is 0 Å². The molecule has 0 unspecified atom stereocenters. The van der Waals surface area contributed by atoms with Gasteiger partial charge in [0, 0.05) is 42.8 Å². The molecule has 0 saturated heterocycles. The van der Waals surface area contributed by atoms with Crippen molar-refractivity contribution < 1.29 is 0 Å². The molecule has 52 heavy (non-hydrogen) atoms. The summed E-state index contributed by atoms with van der Waals surface area (Å²) in [7, 11) is 0. The van der Waals surface area contributed by atoms with Crippen LogP contribution in [0.25, 0.3) is 103 Å². The second kappa shape index (κ2) is 11.4. The summed E-state index contributed by atoms with van der Waals surface area (Å²) in [5.41, 5.74) is 6.53. The fourth-order valence-electron chi connectivity index (χ4n) is 7.89. The van der Waals surface area contributed by atoms with Gasteiger partial charge in [-0.25, -0.2) is 4.98 Å². The van der Waals surface area contributed by atoms with Gasteiger partial charge in [-0.3, -0.25) is 4.57 Å². The summed E-state index contributed by atoms with van der Waals surface area (Å²) < 4.78 is 4.80. The van der Waals surface area contributed by atoms with E-state index in [1.54, 1.807) is 0 Å². The molecule has 11 rings (SSSR count). The summed E-state index contributed by atoms with van der Waals surface area (Å²) >= 11 is 1.85. The highest BCUT2D eigenvalue weighted by molar-refractivity contribution is 7.27. The van der Waals surface area contributed by atoms with Gasteiger partial charge >= 0.3 is 0 Å². The van der Waals surface area contributed by atoms with Gasteiger partial charge in [0.15, 0.2) is 11.6 Å². The minimum absolute atomic E-state index is 0.600. The van der Waals surface area contributed by atoms with Crippen LogP contribution in [0.2, 0.25) is 0 Å². The molecule has 0 N–H and O–H groups in total. The Hall–Kier alpha value is -6.69. The average molecular weight is 681 g/mol. The lowest BCUT2D eigenvalue weighted by Crippen LogP contribution is -2.06. The lowest BCUT2D eigenvalue weighted by molar-refractivity contribution is 0.957. The number of rotatable bonds is 4. The average Bonchev–Trinajstić information content (AvgIpc) is 3.79. The molecule has 0 spiro atoms. The van der Waals surface area contributed by atoms with Crippen LogP contribution in [0.3, 0.4) is 0 Å². The number of hydrogen-bond donors (Lipinski definition) is 0. The Balaban J connectivity index is 1.35. The van der Waals surface area contributed by atoms with Crippen molar-refractivity contribution in [1.82, 2.24) is 19.5 Å². The van der Waals surface area contributed by atoms with Crippen molar-refractivity contribution in [2.24, 2.45) is 0 Å². The lowest BCUT2D eigenvalue weighted by atomic mass is 9.97. The Kier molecular flexibility index (Phi) is 6.39. The highest BCUT2D eigenvalue weighted by atomic mass is 32.1. The molecule has 0 bridgehead atoms. The first-order valence-electron chi connectivity index (χ1n) is 17.5. The third kappa shape index (κ3) is 4.36. The van der Waals surface area contributed by atoms with Crippen LogP contribution in [0.15, 0.2) is 170 Å². The maximum absolute atomic E-state index is 5.32. The molecule has 0 atom stereocenters. The van der Waals surface area contributed by atoms with Crippen molar-refractivity contribution >= 4 is 74.9 Å². The summed E-state index contributed by atoms with van der Waals surface area (Å²) in [5, 5.41) is 9.70. The predicted molar refractivity (Wildman–Crippen MR) is 218 cm³/mol. The molecule has 11 aromatic rings. The Morgan fingerprint density at radius 2 is 0.942 bits per heavy atom. The predicted octanol–water partition coefficient (Wildman–Crippen LogP) is 12.6.